The molecular formula is C19H20BrN3O4. The van der Waals surface area contributed by atoms with Crippen LogP contribution in [0.4, 0.5) is 4.79 Å². The number of rotatable bonds is 7. The van der Waals surface area contributed by atoms with Crippen molar-refractivity contribution in [3.8, 4) is 0 Å². The number of hydrogen-bond donors (Lipinski definition) is 3. The zero-order chi connectivity index (χ0) is 19.5. The van der Waals surface area contributed by atoms with Crippen LogP contribution in [0.2, 0.25) is 0 Å². The summed E-state index contributed by atoms with van der Waals surface area (Å²) in [7, 11) is 0. The third-order valence-corrected chi connectivity index (χ3v) is 4.06. The molecule has 27 heavy (non-hydrogen) atoms. The zero-order valence-electron chi connectivity index (χ0n) is 14.5. The lowest BCUT2D eigenvalue weighted by Crippen LogP contribution is -2.53. The van der Waals surface area contributed by atoms with Crippen LogP contribution < -0.4 is 16.2 Å². The van der Waals surface area contributed by atoms with Gasteiger partial charge in [0.2, 0.25) is 5.91 Å². The quantitative estimate of drug-likeness (QED) is 0.459. The Hall–Kier alpha value is -2.87. The number of ether oxygens (including phenoxy) is 1. The molecule has 0 aliphatic heterocycles. The maximum atomic E-state index is 12.4. The van der Waals surface area contributed by atoms with E-state index in [9.17, 15) is 14.4 Å². The van der Waals surface area contributed by atoms with Crippen molar-refractivity contribution >= 4 is 33.8 Å². The van der Waals surface area contributed by atoms with Gasteiger partial charge in [-0.15, -0.1) is 0 Å². The Morgan fingerprint density at radius 2 is 1.48 bits per heavy atom. The molecule has 0 saturated carbocycles. The lowest BCUT2D eigenvalue weighted by Gasteiger charge is -2.18. The molecule has 0 aliphatic rings. The van der Waals surface area contributed by atoms with E-state index in [4.69, 9.17) is 4.74 Å². The molecular weight excluding hydrogens is 414 g/mol. The molecule has 8 heteroatoms. The maximum absolute atomic E-state index is 12.4. The second-order valence-electron chi connectivity index (χ2n) is 5.62. The Kier molecular flexibility index (Phi) is 8.31. The average Bonchev–Trinajstić information content (AvgIpc) is 2.71. The first kappa shape index (κ1) is 20.4. The number of carbonyl (C=O) groups excluding carboxylic acids is 3. The third-order valence-electron chi connectivity index (χ3n) is 3.55. The highest BCUT2D eigenvalue weighted by Gasteiger charge is 2.22. The number of amides is 3. The molecule has 3 N–H and O–H groups in total. The molecule has 142 valence electrons. The molecule has 2 aromatic rings. The van der Waals surface area contributed by atoms with Gasteiger partial charge in [-0.1, -0.05) is 76.6 Å². The monoisotopic (exact) mass is 433 g/mol. The summed E-state index contributed by atoms with van der Waals surface area (Å²) < 4.78 is 5.17. The highest BCUT2D eigenvalue weighted by Crippen LogP contribution is 2.05. The fourth-order valence-electron chi connectivity index (χ4n) is 2.22. The largest absolute Gasteiger partial charge is 0.445 e. The lowest BCUT2D eigenvalue weighted by molar-refractivity contribution is -0.128. The minimum Gasteiger partial charge on any atom is -0.445 e. The molecule has 3 amide bonds. The van der Waals surface area contributed by atoms with Gasteiger partial charge in [0.1, 0.15) is 12.6 Å². The second kappa shape index (κ2) is 11.0. The first-order valence-electron chi connectivity index (χ1n) is 8.24. The number of benzene rings is 2. The Balaban J connectivity index is 1.96. The number of alkyl halides is 1. The van der Waals surface area contributed by atoms with Crippen LogP contribution in [-0.2, 0) is 27.4 Å². The maximum Gasteiger partial charge on any atom is 0.408 e. The first-order valence-corrected chi connectivity index (χ1v) is 9.36. The van der Waals surface area contributed by atoms with E-state index in [-0.39, 0.29) is 18.4 Å². The van der Waals surface area contributed by atoms with E-state index in [2.05, 4.69) is 32.1 Å². The smallest absolute Gasteiger partial charge is 0.408 e. The van der Waals surface area contributed by atoms with Gasteiger partial charge in [0.25, 0.3) is 5.91 Å². The van der Waals surface area contributed by atoms with Crippen molar-refractivity contribution in [1.82, 2.24) is 16.2 Å². The van der Waals surface area contributed by atoms with Crippen LogP contribution in [0.3, 0.4) is 0 Å². The molecule has 0 fully saturated rings. The van der Waals surface area contributed by atoms with Crippen molar-refractivity contribution in [2.75, 3.05) is 5.33 Å². The van der Waals surface area contributed by atoms with Crippen molar-refractivity contribution in [3.63, 3.8) is 0 Å². The molecule has 0 aromatic heterocycles. The number of hydrazine groups is 1. The van der Waals surface area contributed by atoms with Crippen LogP contribution in [-0.4, -0.2) is 29.3 Å². The van der Waals surface area contributed by atoms with E-state index in [1.807, 2.05) is 60.7 Å². The van der Waals surface area contributed by atoms with Crippen molar-refractivity contribution in [2.45, 2.75) is 19.1 Å². The molecule has 0 bridgehead atoms. The van der Waals surface area contributed by atoms with Gasteiger partial charge in [0, 0.05) is 6.42 Å². The fourth-order valence-corrected chi connectivity index (χ4v) is 2.36. The minimum absolute atomic E-state index is 0.0448. The van der Waals surface area contributed by atoms with E-state index in [1.54, 1.807) is 0 Å². The number of hydrogen-bond acceptors (Lipinski definition) is 4. The van der Waals surface area contributed by atoms with Crippen LogP contribution >= 0.6 is 15.9 Å². The summed E-state index contributed by atoms with van der Waals surface area (Å²) in [4.78, 5) is 35.8. The summed E-state index contributed by atoms with van der Waals surface area (Å²) in [6.45, 7) is 0.0900. The van der Waals surface area contributed by atoms with Crippen LogP contribution in [0.1, 0.15) is 11.1 Å². The number of carbonyl (C=O) groups is 3. The van der Waals surface area contributed by atoms with E-state index < -0.39 is 23.9 Å². The van der Waals surface area contributed by atoms with Gasteiger partial charge in [-0.05, 0) is 11.1 Å². The minimum atomic E-state index is -0.911. The first-order chi connectivity index (χ1) is 13.1. The average molecular weight is 434 g/mol. The van der Waals surface area contributed by atoms with Crippen molar-refractivity contribution in [2.24, 2.45) is 0 Å². The van der Waals surface area contributed by atoms with E-state index >= 15 is 0 Å². The van der Waals surface area contributed by atoms with Crippen LogP contribution in [0, 0.1) is 0 Å². The van der Waals surface area contributed by atoms with E-state index in [0.29, 0.717) is 0 Å². The predicted octanol–water partition coefficient (Wildman–Crippen LogP) is 2.07. The van der Waals surface area contributed by atoms with Gasteiger partial charge < -0.3 is 10.1 Å². The van der Waals surface area contributed by atoms with Crippen molar-refractivity contribution in [1.29, 1.82) is 0 Å². The van der Waals surface area contributed by atoms with Gasteiger partial charge in [0.15, 0.2) is 0 Å². The van der Waals surface area contributed by atoms with Gasteiger partial charge in [0.05, 0.1) is 5.33 Å². The van der Waals surface area contributed by atoms with Crippen LogP contribution in [0.25, 0.3) is 0 Å². The Labute approximate surface area is 165 Å². The van der Waals surface area contributed by atoms with Gasteiger partial charge >= 0.3 is 6.09 Å². The third kappa shape index (κ3) is 7.49. The molecule has 0 unspecified atom stereocenters. The predicted molar refractivity (Wildman–Crippen MR) is 104 cm³/mol. The topological polar surface area (TPSA) is 96.5 Å². The summed E-state index contributed by atoms with van der Waals surface area (Å²) in [5.41, 5.74) is 6.24. The molecule has 2 rings (SSSR count). The molecule has 1 atom stereocenters. The standard InChI is InChI=1S/C19H20BrN3O4/c20-12-17(24)22-23-18(25)16(11-14-7-3-1-4-8-14)21-19(26)27-13-15-9-5-2-6-10-15/h1-10,16H,11-13H2,(H,21,26)(H,22,24)(H,23,25)/t16-/m0/s1. The fraction of sp³-hybridized carbons (Fsp3) is 0.211. The summed E-state index contributed by atoms with van der Waals surface area (Å²) in [6, 6.07) is 17.5. The van der Waals surface area contributed by atoms with Gasteiger partial charge in [-0.25, -0.2) is 4.79 Å². The highest BCUT2D eigenvalue weighted by atomic mass is 79.9. The summed E-state index contributed by atoms with van der Waals surface area (Å²) in [5, 5.41) is 2.59. The molecule has 0 heterocycles. The summed E-state index contributed by atoms with van der Waals surface area (Å²) >= 11 is 2.99. The summed E-state index contributed by atoms with van der Waals surface area (Å²) in [5.74, 6) is -0.960. The Morgan fingerprint density at radius 1 is 0.889 bits per heavy atom. The van der Waals surface area contributed by atoms with Gasteiger partial charge in [-0.3, -0.25) is 20.4 Å². The summed E-state index contributed by atoms with van der Waals surface area (Å²) in [6.07, 6.45) is -0.473. The second-order valence-corrected chi connectivity index (χ2v) is 6.18. The Bertz CT molecular complexity index is 756. The molecule has 2 aromatic carbocycles. The number of nitrogens with one attached hydrogen (secondary N) is 3. The normalized spacial score (nSPS) is 11.1. The molecule has 7 nitrogen and oxygen atoms in total. The number of halogens is 1. The lowest BCUT2D eigenvalue weighted by atomic mass is 10.1. The molecule has 0 saturated heterocycles. The van der Waals surface area contributed by atoms with Crippen molar-refractivity contribution in [3.05, 3.63) is 71.8 Å². The molecule has 0 radical (unpaired) electrons. The number of alkyl carbamates (subject to hydrolysis) is 1. The van der Waals surface area contributed by atoms with Crippen LogP contribution in [0.15, 0.2) is 60.7 Å². The zero-order valence-corrected chi connectivity index (χ0v) is 16.1. The molecule has 0 aliphatic carbocycles. The molecule has 0 spiro atoms. The van der Waals surface area contributed by atoms with Crippen molar-refractivity contribution < 1.29 is 19.1 Å². The van der Waals surface area contributed by atoms with E-state index in [1.165, 1.54) is 0 Å². The Morgan fingerprint density at radius 3 is 2.07 bits per heavy atom. The highest BCUT2D eigenvalue weighted by molar-refractivity contribution is 9.09. The van der Waals surface area contributed by atoms with Gasteiger partial charge in [-0.2, -0.15) is 0 Å². The SMILES string of the molecule is O=C(CBr)NNC(=O)[C@H](Cc1ccccc1)NC(=O)OCc1ccccc1. The van der Waals surface area contributed by atoms with E-state index in [0.717, 1.165) is 11.1 Å². The van der Waals surface area contributed by atoms with Crippen LogP contribution in [0.5, 0.6) is 0 Å².